The van der Waals surface area contributed by atoms with Gasteiger partial charge < -0.3 is 5.73 Å². The number of nitrogen functional groups attached to an aromatic ring is 1. The number of nitrogens with zero attached hydrogens (tertiary/aromatic N) is 2. The average molecular weight is 224 g/mol. The van der Waals surface area contributed by atoms with Crippen LogP contribution in [-0.2, 0) is 0 Å². The molecule has 2 aromatic rings. The molecule has 6 heteroatoms. The molecule has 0 saturated heterocycles. The molecule has 1 aromatic heterocycles. The van der Waals surface area contributed by atoms with Crippen molar-refractivity contribution in [3.8, 4) is 0 Å². The normalized spacial score (nSPS) is 10.5. The third-order valence-corrected chi connectivity index (χ3v) is 2.22. The van der Waals surface area contributed by atoms with Gasteiger partial charge in [0.1, 0.15) is 11.0 Å². The summed E-state index contributed by atoms with van der Waals surface area (Å²) >= 11 is 5.69. The van der Waals surface area contributed by atoms with Crippen molar-refractivity contribution in [1.29, 1.82) is 0 Å². The van der Waals surface area contributed by atoms with E-state index in [1.165, 1.54) is 12.1 Å². The third kappa shape index (κ3) is 1.69. The number of pyridine rings is 1. The topological polar surface area (TPSA) is 82.0 Å². The maximum atomic E-state index is 10.5. The number of hydrogen-bond acceptors (Lipinski definition) is 4. The van der Waals surface area contributed by atoms with Gasteiger partial charge in [0, 0.05) is 17.5 Å². The van der Waals surface area contributed by atoms with Gasteiger partial charge in [-0.2, -0.15) is 0 Å². The van der Waals surface area contributed by atoms with E-state index in [9.17, 15) is 10.1 Å². The van der Waals surface area contributed by atoms with Crippen LogP contribution in [0.25, 0.3) is 10.8 Å². The highest BCUT2D eigenvalue weighted by molar-refractivity contribution is 6.30. The van der Waals surface area contributed by atoms with Crippen molar-refractivity contribution in [2.24, 2.45) is 0 Å². The van der Waals surface area contributed by atoms with Crippen molar-refractivity contribution < 1.29 is 4.92 Å². The van der Waals surface area contributed by atoms with Crippen LogP contribution in [0.3, 0.4) is 0 Å². The molecule has 2 N–H and O–H groups in total. The Balaban J connectivity index is 2.76. The van der Waals surface area contributed by atoms with Gasteiger partial charge in [0.15, 0.2) is 0 Å². The van der Waals surface area contributed by atoms with Gasteiger partial charge in [-0.05, 0) is 17.5 Å². The van der Waals surface area contributed by atoms with Gasteiger partial charge >= 0.3 is 0 Å². The van der Waals surface area contributed by atoms with E-state index in [1.807, 2.05) is 0 Å². The fraction of sp³-hybridized carbons (Fsp3) is 0. The molecule has 2 rings (SSSR count). The van der Waals surface area contributed by atoms with Crippen molar-refractivity contribution in [1.82, 2.24) is 4.98 Å². The number of aromatic nitrogens is 1. The zero-order chi connectivity index (χ0) is 11.0. The number of fused-ring (bicyclic) bond motifs is 1. The molecule has 1 heterocycles. The molecule has 0 saturated carbocycles. The molecule has 15 heavy (non-hydrogen) atoms. The highest BCUT2D eigenvalue weighted by Crippen LogP contribution is 2.26. The first kappa shape index (κ1) is 9.67. The van der Waals surface area contributed by atoms with E-state index in [2.05, 4.69) is 4.98 Å². The summed E-state index contributed by atoms with van der Waals surface area (Å²) < 4.78 is 0. The number of hydrogen-bond donors (Lipinski definition) is 1. The molecule has 0 amide bonds. The molecule has 0 aliphatic carbocycles. The van der Waals surface area contributed by atoms with Crippen LogP contribution < -0.4 is 5.73 Å². The minimum atomic E-state index is -0.468. The minimum absolute atomic E-state index is 0.00386. The maximum absolute atomic E-state index is 10.5. The van der Waals surface area contributed by atoms with Crippen LogP contribution in [0.4, 0.5) is 11.5 Å². The highest BCUT2D eigenvalue weighted by atomic mass is 35.5. The lowest BCUT2D eigenvalue weighted by molar-refractivity contribution is -0.384. The summed E-state index contributed by atoms with van der Waals surface area (Å²) in [5.74, 6) is 0.271. The first-order valence-electron chi connectivity index (χ1n) is 4.08. The van der Waals surface area contributed by atoms with Gasteiger partial charge in [-0.15, -0.1) is 0 Å². The average Bonchev–Trinajstić information content (AvgIpc) is 2.16. The number of anilines is 1. The van der Waals surface area contributed by atoms with Gasteiger partial charge in [-0.3, -0.25) is 10.1 Å². The Labute approximate surface area is 89.6 Å². The Bertz CT molecular complexity index is 556. The smallest absolute Gasteiger partial charge is 0.270 e. The van der Waals surface area contributed by atoms with Crippen LogP contribution in [0, 0.1) is 10.1 Å². The Hall–Kier alpha value is -1.88. The molecule has 0 aliphatic rings. The van der Waals surface area contributed by atoms with Gasteiger partial charge in [-0.25, -0.2) is 4.98 Å². The number of halogens is 1. The summed E-state index contributed by atoms with van der Waals surface area (Å²) in [7, 11) is 0. The van der Waals surface area contributed by atoms with Gasteiger partial charge in [-0.1, -0.05) is 11.6 Å². The van der Waals surface area contributed by atoms with Gasteiger partial charge in [0.05, 0.1) is 4.92 Å². The molecule has 0 aliphatic heterocycles. The lowest BCUT2D eigenvalue weighted by Gasteiger charge is -2.01. The molecule has 5 nitrogen and oxygen atoms in total. The number of benzene rings is 1. The van der Waals surface area contributed by atoms with Crippen molar-refractivity contribution in [3.05, 3.63) is 39.5 Å². The fourth-order valence-corrected chi connectivity index (χ4v) is 1.56. The molecular weight excluding hydrogens is 218 g/mol. The summed E-state index contributed by atoms with van der Waals surface area (Å²) in [5.41, 5.74) is 5.62. The minimum Gasteiger partial charge on any atom is -0.383 e. The van der Waals surface area contributed by atoms with E-state index in [1.54, 1.807) is 12.1 Å². The predicted molar refractivity (Wildman–Crippen MR) is 57.8 cm³/mol. The number of nitrogens with two attached hydrogens (primary N) is 1. The van der Waals surface area contributed by atoms with E-state index in [0.717, 1.165) is 0 Å². The van der Waals surface area contributed by atoms with E-state index in [0.29, 0.717) is 10.8 Å². The molecule has 0 bridgehead atoms. The summed E-state index contributed by atoms with van der Waals surface area (Å²) in [4.78, 5) is 13.9. The second-order valence-electron chi connectivity index (χ2n) is 2.99. The molecule has 76 valence electrons. The number of nitro benzene ring substituents is 1. The van der Waals surface area contributed by atoms with Crippen LogP contribution in [0.5, 0.6) is 0 Å². The molecule has 0 fully saturated rings. The number of non-ortho nitro benzene ring substituents is 1. The van der Waals surface area contributed by atoms with Crippen molar-refractivity contribution in [3.63, 3.8) is 0 Å². The molecule has 0 atom stereocenters. The third-order valence-electron chi connectivity index (χ3n) is 2.02. The first-order valence-corrected chi connectivity index (χ1v) is 4.46. The Morgan fingerprint density at radius 3 is 2.80 bits per heavy atom. The Morgan fingerprint density at radius 1 is 1.40 bits per heavy atom. The van der Waals surface area contributed by atoms with Crippen molar-refractivity contribution >= 4 is 33.9 Å². The van der Waals surface area contributed by atoms with Gasteiger partial charge in [0.2, 0.25) is 0 Å². The van der Waals surface area contributed by atoms with E-state index in [4.69, 9.17) is 17.3 Å². The quantitative estimate of drug-likeness (QED) is 0.457. The van der Waals surface area contributed by atoms with Crippen LogP contribution in [0.15, 0.2) is 24.3 Å². The second-order valence-corrected chi connectivity index (χ2v) is 3.38. The monoisotopic (exact) mass is 223 g/mol. The zero-order valence-electron chi connectivity index (χ0n) is 7.48. The van der Waals surface area contributed by atoms with E-state index < -0.39 is 4.92 Å². The fourth-order valence-electron chi connectivity index (χ4n) is 1.35. The van der Waals surface area contributed by atoms with E-state index >= 15 is 0 Å². The lowest BCUT2D eigenvalue weighted by atomic mass is 10.1. The number of nitro groups is 1. The maximum Gasteiger partial charge on any atom is 0.270 e. The van der Waals surface area contributed by atoms with E-state index in [-0.39, 0.29) is 16.7 Å². The first-order chi connectivity index (χ1) is 7.08. The second kappa shape index (κ2) is 3.36. The predicted octanol–water partition coefficient (Wildman–Crippen LogP) is 2.38. The molecule has 0 unspecified atom stereocenters. The van der Waals surface area contributed by atoms with Gasteiger partial charge in [0.25, 0.3) is 5.69 Å². The van der Waals surface area contributed by atoms with Crippen LogP contribution >= 0.6 is 11.6 Å². The molecular formula is C9H6ClN3O2. The highest BCUT2D eigenvalue weighted by Gasteiger charge is 2.08. The van der Waals surface area contributed by atoms with Crippen LogP contribution in [0.1, 0.15) is 0 Å². The summed E-state index contributed by atoms with van der Waals surface area (Å²) in [6.07, 6.45) is 0. The standard InChI is InChI=1S/C9H6ClN3O2/c10-8-4-5-3-6(13(14)15)1-2-7(5)9(11)12-8/h1-4H,(H2,11,12). The van der Waals surface area contributed by atoms with Crippen molar-refractivity contribution in [2.45, 2.75) is 0 Å². The summed E-state index contributed by atoms with van der Waals surface area (Å²) in [6, 6.07) is 5.90. The zero-order valence-corrected chi connectivity index (χ0v) is 8.23. The largest absolute Gasteiger partial charge is 0.383 e. The van der Waals surface area contributed by atoms with Crippen molar-refractivity contribution in [2.75, 3.05) is 5.73 Å². The lowest BCUT2D eigenvalue weighted by Crippen LogP contribution is -1.93. The summed E-state index contributed by atoms with van der Waals surface area (Å²) in [6.45, 7) is 0. The van der Waals surface area contributed by atoms with Crippen LogP contribution in [0.2, 0.25) is 5.15 Å². The summed E-state index contributed by atoms with van der Waals surface area (Å²) in [5, 5.41) is 12.0. The molecule has 1 aromatic carbocycles. The Kier molecular flexibility index (Phi) is 2.17. The SMILES string of the molecule is Nc1nc(Cl)cc2cc([N+](=O)[O-])ccc12. The molecule has 0 radical (unpaired) electrons. The Morgan fingerprint density at radius 2 is 2.13 bits per heavy atom. The van der Waals surface area contributed by atoms with Crippen LogP contribution in [-0.4, -0.2) is 9.91 Å². The number of rotatable bonds is 1. The molecule has 0 spiro atoms.